The predicted octanol–water partition coefficient (Wildman–Crippen LogP) is 1.86. The van der Waals surface area contributed by atoms with E-state index in [0.29, 0.717) is 11.0 Å². The Balaban J connectivity index is 3.62. The Bertz CT molecular complexity index is 75.4. The fraction of sp³-hybridized carbons (Fsp3) is 1.00. The molecule has 0 fully saturated rings. The second kappa shape index (κ2) is 4.55. The van der Waals surface area contributed by atoms with Crippen molar-refractivity contribution in [1.82, 2.24) is 0 Å². The largest absolute Gasteiger partial charge is 0.349 e. The lowest BCUT2D eigenvalue weighted by Crippen LogP contribution is -2.50. The summed E-state index contributed by atoms with van der Waals surface area (Å²) >= 11 is 11.3. The Kier molecular flexibility index (Phi) is 4.94. The minimum Gasteiger partial charge on any atom is -0.349 e. The lowest BCUT2D eigenvalue weighted by Gasteiger charge is -2.19. The van der Waals surface area contributed by atoms with Crippen molar-refractivity contribution in [2.24, 2.45) is 5.40 Å². The summed E-state index contributed by atoms with van der Waals surface area (Å²) in [6, 6.07) is 1.04. The number of rotatable bonds is 4. The first-order chi connectivity index (χ1) is 4.18. The van der Waals surface area contributed by atoms with Gasteiger partial charge in [0.1, 0.15) is 0 Å². The molecule has 0 aliphatic rings. The average molecular weight is 186 g/mol. The van der Waals surface area contributed by atoms with E-state index in [4.69, 9.17) is 28.6 Å². The van der Waals surface area contributed by atoms with E-state index < -0.39 is 8.24 Å². The number of hydrogen-bond acceptors (Lipinski definition) is 1. The van der Waals surface area contributed by atoms with Crippen LogP contribution < -0.4 is 5.40 Å². The summed E-state index contributed by atoms with van der Waals surface area (Å²) < 4.78 is 0. The molecule has 0 aliphatic carbocycles. The van der Waals surface area contributed by atoms with Crippen LogP contribution in [-0.2, 0) is 0 Å². The molecule has 2 N–H and O–H groups in total. The van der Waals surface area contributed by atoms with E-state index in [9.17, 15) is 0 Å². The maximum absolute atomic E-state index is 5.88. The molecule has 56 valence electrons. The first kappa shape index (κ1) is 9.76. The van der Waals surface area contributed by atoms with Crippen molar-refractivity contribution in [3.05, 3.63) is 0 Å². The quantitative estimate of drug-likeness (QED) is 0.526. The van der Waals surface area contributed by atoms with Crippen molar-refractivity contribution in [2.75, 3.05) is 11.0 Å². The van der Waals surface area contributed by atoms with Gasteiger partial charge in [-0.05, 0) is 6.04 Å². The van der Waals surface area contributed by atoms with E-state index in [1.54, 1.807) is 0 Å². The van der Waals surface area contributed by atoms with Crippen LogP contribution in [0.5, 0.6) is 0 Å². The van der Waals surface area contributed by atoms with Crippen LogP contribution in [0.3, 0.4) is 0 Å². The molecule has 0 saturated heterocycles. The molecular weight excluding hydrogens is 173 g/mol. The van der Waals surface area contributed by atoms with Crippen LogP contribution in [0.2, 0.25) is 6.04 Å². The fourth-order valence-corrected chi connectivity index (χ4v) is 3.66. The van der Waals surface area contributed by atoms with Gasteiger partial charge in [-0.1, -0.05) is 13.3 Å². The number of hydrogen-bond donors (Lipinski definition) is 1. The molecule has 0 radical (unpaired) electrons. The van der Waals surface area contributed by atoms with E-state index >= 15 is 0 Å². The Morgan fingerprint density at radius 3 is 1.89 bits per heavy atom. The summed E-state index contributed by atoms with van der Waals surface area (Å²) in [6.45, 7) is 2.10. The van der Waals surface area contributed by atoms with Gasteiger partial charge in [-0.15, -0.1) is 23.2 Å². The molecule has 0 amide bonds. The van der Waals surface area contributed by atoms with Gasteiger partial charge in [0.25, 0.3) is 0 Å². The zero-order valence-electron chi connectivity index (χ0n) is 5.66. The molecule has 0 bridgehead atoms. The van der Waals surface area contributed by atoms with Crippen LogP contribution in [-0.4, -0.2) is 19.2 Å². The number of alkyl halides is 2. The zero-order chi connectivity index (χ0) is 7.33. The van der Waals surface area contributed by atoms with E-state index in [2.05, 4.69) is 6.92 Å². The van der Waals surface area contributed by atoms with Crippen LogP contribution >= 0.6 is 23.2 Å². The minimum absolute atomic E-state index is 0.588. The third-order valence-electron chi connectivity index (χ3n) is 1.28. The van der Waals surface area contributed by atoms with Crippen molar-refractivity contribution < 1.29 is 0 Å². The standard InChI is InChI=1S/C5H13Cl2NSi/c1-2-3-9(8,4-6)5-7/h2-5,8H2,1H3. The molecule has 0 unspecified atom stereocenters. The van der Waals surface area contributed by atoms with Crippen LogP contribution in [0.1, 0.15) is 13.3 Å². The molecule has 0 saturated carbocycles. The highest BCUT2D eigenvalue weighted by Gasteiger charge is 2.24. The van der Waals surface area contributed by atoms with Gasteiger partial charge < -0.3 is 5.40 Å². The maximum Gasteiger partial charge on any atom is 0.152 e. The van der Waals surface area contributed by atoms with Gasteiger partial charge in [0, 0.05) is 11.0 Å². The molecule has 4 heteroatoms. The topological polar surface area (TPSA) is 26.0 Å². The van der Waals surface area contributed by atoms with E-state index in [-0.39, 0.29) is 0 Å². The fourth-order valence-electron chi connectivity index (χ4n) is 0.667. The summed E-state index contributed by atoms with van der Waals surface area (Å²) in [5.74, 6) is 0. The third kappa shape index (κ3) is 3.46. The first-order valence-electron chi connectivity index (χ1n) is 3.09. The monoisotopic (exact) mass is 185 g/mol. The Hall–Kier alpha value is 0.757. The highest BCUT2D eigenvalue weighted by Crippen LogP contribution is 2.09. The van der Waals surface area contributed by atoms with Gasteiger partial charge in [0.2, 0.25) is 0 Å². The summed E-state index contributed by atoms with van der Waals surface area (Å²) in [5, 5.41) is 5.88. The summed E-state index contributed by atoms with van der Waals surface area (Å²) in [6.07, 6.45) is 1.10. The van der Waals surface area contributed by atoms with Gasteiger partial charge in [-0.3, -0.25) is 0 Å². The lowest BCUT2D eigenvalue weighted by atomic mass is 10.6. The van der Waals surface area contributed by atoms with Gasteiger partial charge in [0.15, 0.2) is 8.24 Å². The Morgan fingerprint density at radius 1 is 1.33 bits per heavy atom. The summed E-state index contributed by atoms with van der Waals surface area (Å²) in [4.78, 5) is 0. The molecule has 0 aromatic carbocycles. The SMILES string of the molecule is CCC[Si](N)(CCl)CCl. The van der Waals surface area contributed by atoms with Crippen LogP contribution in [0.4, 0.5) is 0 Å². The number of nitrogens with two attached hydrogens (primary N) is 1. The Labute approximate surface area is 67.6 Å². The van der Waals surface area contributed by atoms with Crippen molar-refractivity contribution in [2.45, 2.75) is 19.4 Å². The van der Waals surface area contributed by atoms with Gasteiger partial charge in [-0.2, -0.15) is 0 Å². The molecule has 9 heavy (non-hydrogen) atoms. The second-order valence-electron chi connectivity index (χ2n) is 2.38. The maximum atomic E-state index is 5.88. The molecule has 0 rings (SSSR count). The van der Waals surface area contributed by atoms with E-state index in [1.165, 1.54) is 0 Å². The predicted molar refractivity (Wildman–Crippen MR) is 46.5 cm³/mol. The van der Waals surface area contributed by atoms with Gasteiger partial charge in [0.05, 0.1) is 0 Å². The molecule has 0 aliphatic heterocycles. The lowest BCUT2D eigenvalue weighted by molar-refractivity contribution is 1.04. The third-order valence-corrected chi connectivity index (χ3v) is 7.03. The highest BCUT2D eigenvalue weighted by molar-refractivity contribution is 6.87. The molecule has 0 heterocycles. The number of halogens is 2. The molecule has 0 aromatic heterocycles. The molecule has 0 aromatic rings. The van der Waals surface area contributed by atoms with Crippen LogP contribution in [0.25, 0.3) is 0 Å². The zero-order valence-corrected chi connectivity index (χ0v) is 8.17. The first-order valence-corrected chi connectivity index (χ1v) is 6.86. The normalized spacial score (nSPS) is 12.0. The Morgan fingerprint density at radius 2 is 1.78 bits per heavy atom. The molecule has 0 spiro atoms. The van der Waals surface area contributed by atoms with Crippen LogP contribution in [0.15, 0.2) is 0 Å². The van der Waals surface area contributed by atoms with E-state index in [0.717, 1.165) is 12.5 Å². The van der Waals surface area contributed by atoms with E-state index in [1.807, 2.05) is 0 Å². The summed E-state index contributed by atoms with van der Waals surface area (Å²) in [7, 11) is -1.67. The smallest absolute Gasteiger partial charge is 0.152 e. The highest BCUT2D eigenvalue weighted by atomic mass is 35.5. The molecule has 0 atom stereocenters. The molecule has 1 nitrogen and oxygen atoms in total. The van der Waals surface area contributed by atoms with Crippen molar-refractivity contribution in [3.63, 3.8) is 0 Å². The minimum atomic E-state index is -1.67. The van der Waals surface area contributed by atoms with Gasteiger partial charge in [-0.25, -0.2) is 0 Å². The van der Waals surface area contributed by atoms with Crippen molar-refractivity contribution in [3.8, 4) is 0 Å². The van der Waals surface area contributed by atoms with Gasteiger partial charge >= 0.3 is 0 Å². The van der Waals surface area contributed by atoms with Crippen molar-refractivity contribution in [1.29, 1.82) is 0 Å². The summed E-state index contributed by atoms with van der Waals surface area (Å²) in [5.41, 5.74) is 1.18. The van der Waals surface area contributed by atoms with Crippen LogP contribution in [0, 0.1) is 0 Å². The van der Waals surface area contributed by atoms with Crippen molar-refractivity contribution >= 4 is 31.4 Å². The molecular formula is C5H13Cl2NSi. The second-order valence-corrected chi connectivity index (χ2v) is 7.74. The average Bonchev–Trinajstić information content (AvgIpc) is 1.89.